The molecular formula is C13H14ClN3O. The molecule has 0 aliphatic carbocycles. The molecule has 0 bridgehead atoms. The second-order valence-electron chi connectivity index (χ2n) is 4.56. The Morgan fingerprint density at radius 1 is 1.22 bits per heavy atom. The molecular weight excluding hydrogens is 250 g/mol. The van der Waals surface area contributed by atoms with Crippen LogP contribution in [0.15, 0.2) is 47.5 Å². The number of hydrogen-bond acceptors (Lipinski definition) is 3. The topological polar surface area (TPSA) is 43.9 Å². The first-order valence-electron chi connectivity index (χ1n) is 5.53. The fourth-order valence-corrected chi connectivity index (χ4v) is 2.04. The van der Waals surface area contributed by atoms with Crippen molar-refractivity contribution in [3.05, 3.63) is 48.7 Å². The minimum Gasteiger partial charge on any atom is -0.356 e. The highest BCUT2D eigenvalue weighted by atomic mass is 35.5. The molecule has 94 valence electrons. The van der Waals surface area contributed by atoms with Crippen molar-refractivity contribution in [3.63, 3.8) is 0 Å². The van der Waals surface area contributed by atoms with Gasteiger partial charge in [-0.2, -0.15) is 0 Å². The number of fused-ring (bicyclic) bond motifs is 1. The molecule has 18 heavy (non-hydrogen) atoms. The van der Waals surface area contributed by atoms with E-state index in [1.165, 1.54) is 0 Å². The Balaban J connectivity index is 0.00000120. The molecule has 0 saturated carbocycles. The second kappa shape index (κ2) is 4.46. The van der Waals surface area contributed by atoms with Gasteiger partial charge in [0.1, 0.15) is 5.69 Å². The van der Waals surface area contributed by atoms with Gasteiger partial charge in [-0.05, 0) is 26.0 Å². The van der Waals surface area contributed by atoms with Crippen molar-refractivity contribution < 1.29 is 4.52 Å². The number of hydrogen-bond donors (Lipinski definition) is 0. The smallest absolute Gasteiger partial charge is 0.167 e. The van der Waals surface area contributed by atoms with E-state index in [1.54, 1.807) is 12.5 Å². The zero-order valence-corrected chi connectivity index (χ0v) is 11.0. The highest BCUT2D eigenvalue weighted by Gasteiger charge is 2.28. The molecule has 0 unspecified atom stereocenters. The normalized spacial score (nSPS) is 11.4. The number of nitrogens with zero attached hydrogens (tertiary/aromatic N) is 3. The predicted molar refractivity (Wildman–Crippen MR) is 71.9 cm³/mol. The van der Waals surface area contributed by atoms with Gasteiger partial charge in [0.25, 0.3) is 0 Å². The fraction of sp³-hybridized carbons (Fsp3) is 0.231. The van der Waals surface area contributed by atoms with Crippen molar-refractivity contribution in [2.75, 3.05) is 0 Å². The molecule has 0 amide bonds. The van der Waals surface area contributed by atoms with Crippen molar-refractivity contribution in [1.29, 1.82) is 0 Å². The summed E-state index contributed by atoms with van der Waals surface area (Å²) in [6.45, 7) is 4.19. The average molecular weight is 264 g/mol. The summed E-state index contributed by atoms with van der Waals surface area (Å²) >= 11 is 0. The molecule has 0 spiro atoms. The molecule has 0 saturated heterocycles. The molecule has 0 aliphatic rings. The fourth-order valence-electron chi connectivity index (χ4n) is 2.04. The second-order valence-corrected chi connectivity index (χ2v) is 4.56. The lowest BCUT2D eigenvalue weighted by Crippen LogP contribution is -2.27. The Morgan fingerprint density at radius 3 is 2.72 bits per heavy atom. The Hall–Kier alpha value is -1.81. The Kier molecular flexibility index (Phi) is 3.13. The van der Waals surface area contributed by atoms with Crippen LogP contribution in [0, 0.1) is 0 Å². The summed E-state index contributed by atoms with van der Waals surface area (Å²) < 4.78 is 7.37. The van der Waals surface area contributed by atoms with Crippen LogP contribution < -0.4 is 0 Å². The number of benzene rings is 1. The van der Waals surface area contributed by atoms with Gasteiger partial charge in [0.15, 0.2) is 5.58 Å². The first-order valence-corrected chi connectivity index (χ1v) is 5.53. The van der Waals surface area contributed by atoms with E-state index in [1.807, 2.05) is 35.0 Å². The molecule has 3 rings (SSSR count). The van der Waals surface area contributed by atoms with E-state index in [0.717, 1.165) is 16.7 Å². The predicted octanol–water partition coefficient (Wildman–Crippen LogP) is 3.23. The van der Waals surface area contributed by atoms with E-state index >= 15 is 0 Å². The van der Waals surface area contributed by atoms with Crippen LogP contribution in [0.2, 0.25) is 0 Å². The summed E-state index contributed by atoms with van der Waals surface area (Å²) in [5.41, 5.74) is 1.46. The first kappa shape index (κ1) is 12.6. The summed E-state index contributed by atoms with van der Waals surface area (Å²) in [5, 5.41) is 5.25. The first-order chi connectivity index (χ1) is 8.19. The summed E-state index contributed by atoms with van der Waals surface area (Å²) in [6, 6.07) is 7.89. The quantitative estimate of drug-likeness (QED) is 0.713. The maximum Gasteiger partial charge on any atom is 0.167 e. The summed E-state index contributed by atoms with van der Waals surface area (Å²) in [4.78, 5) is 4.08. The van der Waals surface area contributed by atoms with Crippen molar-refractivity contribution >= 4 is 23.4 Å². The van der Waals surface area contributed by atoms with E-state index in [9.17, 15) is 0 Å². The van der Waals surface area contributed by atoms with Crippen molar-refractivity contribution in [3.8, 4) is 0 Å². The van der Waals surface area contributed by atoms with E-state index in [0.29, 0.717) is 0 Å². The lowest BCUT2D eigenvalue weighted by molar-refractivity contribution is 0.373. The maximum atomic E-state index is 5.35. The molecule has 4 nitrogen and oxygen atoms in total. The third kappa shape index (κ3) is 1.78. The molecule has 0 aliphatic heterocycles. The van der Waals surface area contributed by atoms with Gasteiger partial charge in [0.05, 0.1) is 11.9 Å². The molecule has 3 aromatic rings. The molecule has 0 N–H and O–H groups in total. The van der Waals surface area contributed by atoms with E-state index in [4.69, 9.17) is 4.52 Å². The number of imidazole rings is 1. The zero-order valence-electron chi connectivity index (χ0n) is 10.2. The highest BCUT2D eigenvalue weighted by molar-refractivity contribution is 5.85. The monoisotopic (exact) mass is 263 g/mol. The van der Waals surface area contributed by atoms with Gasteiger partial charge in [-0.3, -0.25) is 0 Å². The molecule has 1 aromatic carbocycles. The number of para-hydroxylation sites is 1. The zero-order chi connectivity index (χ0) is 11.9. The lowest BCUT2D eigenvalue weighted by atomic mass is 9.97. The van der Waals surface area contributed by atoms with Crippen LogP contribution in [-0.4, -0.2) is 14.7 Å². The number of halogens is 1. The maximum absolute atomic E-state index is 5.35. The van der Waals surface area contributed by atoms with Crippen LogP contribution in [0.25, 0.3) is 11.0 Å². The highest BCUT2D eigenvalue weighted by Crippen LogP contribution is 2.30. The third-order valence-corrected chi connectivity index (χ3v) is 3.11. The molecule has 0 radical (unpaired) electrons. The molecule has 2 aromatic heterocycles. The third-order valence-electron chi connectivity index (χ3n) is 3.11. The van der Waals surface area contributed by atoms with Crippen molar-refractivity contribution in [2.45, 2.75) is 19.4 Å². The Bertz CT molecular complexity index is 643. The largest absolute Gasteiger partial charge is 0.356 e. The molecule has 0 atom stereocenters. The van der Waals surface area contributed by atoms with E-state index in [2.05, 4.69) is 24.0 Å². The van der Waals surface area contributed by atoms with E-state index < -0.39 is 0 Å². The molecule has 0 fully saturated rings. The van der Waals surface area contributed by atoms with Crippen LogP contribution >= 0.6 is 12.4 Å². The van der Waals surface area contributed by atoms with Gasteiger partial charge in [0.2, 0.25) is 0 Å². The minimum atomic E-state index is -0.275. The van der Waals surface area contributed by atoms with Gasteiger partial charge in [0, 0.05) is 17.8 Å². The van der Waals surface area contributed by atoms with Crippen LogP contribution in [0.4, 0.5) is 0 Å². The summed E-state index contributed by atoms with van der Waals surface area (Å²) in [5.74, 6) is 0. The van der Waals surface area contributed by atoms with Crippen LogP contribution in [0.5, 0.6) is 0 Å². The van der Waals surface area contributed by atoms with Crippen molar-refractivity contribution in [2.24, 2.45) is 0 Å². The standard InChI is InChI=1S/C13H13N3O.ClH/c1-13(2,16-8-7-14-9-16)12-10-5-3-4-6-11(10)17-15-12;/h3-9H,1-2H3;1H. The number of rotatable bonds is 2. The molecule has 5 heteroatoms. The van der Waals surface area contributed by atoms with E-state index in [-0.39, 0.29) is 17.9 Å². The summed E-state index contributed by atoms with van der Waals surface area (Å²) in [7, 11) is 0. The van der Waals surface area contributed by atoms with Gasteiger partial charge in [-0.1, -0.05) is 17.3 Å². The minimum absolute atomic E-state index is 0. The lowest BCUT2D eigenvalue weighted by Gasteiger charge is -2.23. The van der Waals surface area contributed by atoms with Crippen LogP contribution in [0.1, 0.15) is 19.5 Å². The van der Waals surface area contributed by atoms with Crippen LogP contribution in [0.3, 0.4) is 0 Å². The average Bonchev–Trinajstić information content (AvgIpc) is 2.99. The van der Waals surface area contributed by atoms with Gasteiger partial charge < -0.3 is 9.09 Å². The van der Waals surface area contributed by atoms with Gasteiger partial charge >= 0.3 is 0 Å². The Labute approximate surface area is 111 Å². The molecule has 2 heterocycles. The SMILES string of the molecule is CC(C)(c1noc2ccccc12)n1ccnc1.Cl. The van der Waals surface area contributed by atoms with Crippen molar-refractivity contribution in [1.82, 2.24) is 14.7 Å². The van der Waals surface area contributed by atoms with Crippen LogP contribution in [-0.2, 0) is 5.54 Å². The number of aromatic nitrogens is 3. The summed E-state index contributed by atoms with van der Waals surface area (Å²) in [6.07, 6.45) is 5.50. The van der Waals surface area contributed by atoms with Gasteiger partial charge in [-0.25, -0.2) is 4.98 Å². The van der Waals surface area contributed by atoms with Gasteiger partial charge in [-0.15, -0.1) is 12.4 Å². The Morgan fingerprint density at radius 2 is 2.00 bits per heavy atom.